The van der Waals surface area contributed by atoms with Crippen LogP contribution in [-0.4, -0.2) is 19.5 Å². The van der Waals surface area contributed by atoms with Gasteiger partial charge in [-0.3, -0.25) is 4.79 Å². The van der Waals surface area contributed by atoms with Crippen molar-refractivity contribution in [2.24, 2.45) is 5.92 Å². The third-order valence-electron chi connectivity index (χ3n) is 2.57. The molecule has 0 aromatic carbocycles. The van der Waals surface area contributed by atoms with Gasteiger partial charge >= 0.3 is 0 Å². The molecule has 0 fully saturated rings. The molecule has 2 unspecified atom stereocenters. The fraction of sp³-hybridized carbons (Fsp3) is 0.583. The van der Waals surface area contributed by atoms with Crippen molar-refractivity contribution in [3.05, 3.63) is 22.4 Å². The zero-order chi connectivity index (χ0) is 12.0. The molecule has 0 saturated carbocycles. The Kier molecular flexibility index (Phi) is 5.49. The van der Waals surface area contributed by atoms with Gasteiger partial charge in [0.2, 0.25) is 5.91 Å². The minimum atomic E-state index is 0.0130. The van der Waals surface area contributed by atoms with E-state index in [1.807, 2.05) is 25.4 Å². The number of thiophene rings is 1. The lowest BCUT2D eigenvalue weighted by Crippen LogP contribution is -2.36. The molecule has 0 bridgehead atoms. The number of carbonyl (C=O) groups is 1. The fourth-order valence-corrected chi connectivity index (χ4v) is 2.44. The lowest BCUT2D eigenvalue weighted by Gasteiger charge is -2.18. The van der Waals surface area contributed by atoms with Crippen LogP contribution in [0.2, 0.25) is 0 Å². The van der Waals surface area contributed by atoms with E-state index in [1.165, 1.54) is 4.88 Å². The third kappa shape index (κ3) is 3.61. The van der Waals surface area contributed by atoms with Crippen LogP contribution in [0.1, 0.15) is 31.2 Å². The van der Waals surface area contributed by atoms with Gasteiger partial charge in [0.05, 0.1) is 6.04 Å². The van der Waals surface area contributed by atoms with E-state index in [-0.39, 0.29) is 17.9 Å². The van der Waals surface area contributed by atoms with Crippen LogP contribution in [-0.2, 0) is 4.79 Å². The predicted molar refractivity (Wildman–Crippen MR) is 68.6 cm³/mol. The summed E-state index contributed by atoms with van der Waals surface area (Å²) in [5.41, 5.74) is 0. The summed E-state index contributed by atoms with van der Waals surface area (Å²) in [5.74, 6) is 0.133. The quantitative estimate of drug-likeness (QED) is 0.800. The second-order valence-corrected chi connectivity index (χ2v) is 4.92. The van der Waals surface area contributed by atoms with E-state index >= 15 is 0 Å². The lowest BCUT2D eigenvalue weighted by atomic mass is 10.1. The standard InChI is InChI=1S/C12H20N2OS/c1-4-10(11-6-5-7-16-11)14-12(15)9(2)8-13-3/h5-7,9-10,13H,4,8H2,1-3H3,(H,14,15). The first kappa shape index (κ1) is 13.2. The van der Waals surface area contributed by atoms with Crippen LogP contribution in [0.4, 0.5) is 0 Å². The molecular weight excluding hydrogens is 220 g/mol. The summed E-state index contributed by atoms with van der Waals surface area (Å²) < 4.78 is 0. The highest BCUT2D eigenvalue weighted by atomic mass is 32.1. The minimum absolute atomic E-state index is 0.0130. The van der Waals surface area contributed by atoms with E-state index in [0.29, 0.717) is 6.54 Å². The van der Waals surface area contributed by atoms with Crippen molar-refractivity contribution in [2.45, 2.75) is 26.3 Å². The molecule has 1 aromatic heterocycles. The zero-order valence-corrected chi connectivity index (χ0v) is 10.9. The highest BCUT2D eigenvalue weighted by Gasteiger charge is 2.17. The Morgan fingerprint density at radius 3 is 2.81 bits per heavy atom. The molecule has 1 rings (SSSR count). The van der Waals surface area contributed by atoms with Crippen molar-refractivity contribution in [3.8, 4) is 0 Å². The molecule has 2 N–H and O–H groups in total. The van der Waals surface area contributed by atoms with Crippen molar-refractivity contribution in [1.82, 2.24) is 10.6 Å². The van der Waals surface area contributed by atoms with Gasteiger partial charge < -0.3 is 10.6 Å². The number of nitrogens with one attached hydrogen (secondary N) is 2. The van der Waals surface area contributed by atoms with E-state index < -0.39 is 0 Å². The summed E-state index contributed by atoms with van der Waals surface area (Å²) >= 11 is 1.69. The number of carbonyl (C=O) groups excluding carboxylic acids is 1. The Balaban J connectivity index is 2.54. The molecule has 3 nitrogen and oxygen atoms in total. The molecule has 16 heavy (non-hydrogen) atoms. The Morgan fingerprint density at radius 2 is 2.31 bits per heavy atom. The SMILES string of the molecule is CCC(NC(=O)C(C)CNC)c1cccs1. The van der Waals surface area contributed by atoms with E-state index in [1.54, 1.807) is 11.3 Å². The topological polar surface area (TPSA) is 41.1 Å². The van der Waals surface area contributed by atoms with Gasteiger partial charge in [0.25, 0.3) is 0 Å². The van der Waals surface area contributed by atoms with Gasteiger partial charge in [0.15, 0.2) is 0 Å². The van der Waals surface area contributed by atoms with Crippen LogP contribution < -0.4 is 10.6 Å². The maximum atomic E-state index is 11.9. The molecule has 1 heterocycles. The molecule has 0 spiro atoms. The third-order valence-corrected chi connectivity index (χ3v) is 3.56. The van der Waals surface area contributed by atoms with Gasteiger partial charge in [0, 0.05) is 17.3 Å². The normalized spacial score (nSPS) is 14.4. The lowest BCUT2D eigenvalue weighted by molar-refractivity contribution is -0.125. The van der Waals surface area contributed by atoms with E-state index in [0.717, 1.165) is 6.42 Å². The first-order valence-electron chi connectivity index (χ1n) is 5.67. The molecule has 0 radical (unpaired) electrons. The molecule has 1 amide bonds. The molecule has 2 atom stereocenters. The molecule has 0 aliphatic heterocycles. The molecule has 0 aliphatic carbocycles. The highest BCUT2D eigenvalue weighted by Crippen LogP contribution is 2.21. The van der Waals surface area contributed by atoms with Crippen LogP contribution in [0.15, 0.2) is 17.5 Å². The fourth-order valence-electron chi connectivity index (χ4n) is 1.58. The summed E-state index contributed by atoms with van der Waals surface area (Å²) in [6.07, 6.45) is 0.929. The summed E-state index contributed by atoms with van der Waals surface area (Å²) in [7, 11) is 1.86. The van der Waals surface area contributed by atoms with Gasteiger partial charge in [0.1, 0.15) is 0 Å². The molecule has 4 heteroatoms. The smallest absolute Gasteiger partial charge is 0.224 e. The van der Waals surface area contributed by atoms with Crippen molar-refractivity contribution in [2.75, 3.05) is 13.6 Å². The summed E-state index contributed by atoms with van der Waals surface area (Å²) in [6, 6.07) is 4.25. The van der Waals surface area contributed by atoms with Crippen molar-refractivity contribution >= 4 is 17.2 Å². The molecule has 1 aromatic rings. The van der Waals surface area contributed by atoms with Crippen LogP contribution in [0.5, 0.6) is 0 Å². The largest absolute Gasteiger partial charge is 0.348 e. The Labute approximate surface area is 101 Å². The van der Waals surface area contributed by atoms with Crippen molar-refractivity contribution < 1.29 is 4.79 Å². The average molecular weight is 240 g/mol. The average Bonchev–Trinajstić information content (AvgIpc) is 2.79. The second-order valence-electron chi connectivity index (χ2n) is 3.94. The van der Waals surface area contributed by atoms with Gasteiger partial charge in [-0.05, 0) is 24.9 Å². The molecule has 0 saturated heterocycles. The van der Waals surface area contributed by atoms with Gasteiger partial charge in [-0.25, -0.2) is 0 Å². The van der Waals surface area contributed by atoms with Crippen LogP contribution >= 0.6 is 11.3 Å². The number of hydrogen-bond donors (Lipinski definition) is 2. The Hall–Kier alpha value is -0.870. The number of amides is 1. The predicted octanol–water partition coefficient (Wildman–Crippen LogP) is 2.17. The number of rotatable bonds is 6. The summed E-state index contributed by atoms with van der Waals surface area (Å²) in [4.78, 5) is 13.1. The van der Waals surface area contributed by atoms with Crippen molar-refractivity contribution in [1.29, 1.82) is 0 Å². The maximum absolute atomic E-state index is 11.9. The van der Waals surface area contributed by atoms with E-state index in [2.05, 4.69) is 23.6 Å². The zero-order valence-electron chi connectivity index (χ0n) is 10.1. The van der Waals surface area contributed by atoms with Crippen LogP contribution in [0, 0.1) is 5.92 Å². The minimum Gasteiger partial charge on any atom is -0.348 e. The van der Waals surface area contributed by atoms with Crippen molar-refractivity contribution in [3.63, 3.8) is 0 Å². The Bertz CT molecular complexity index is 311. The van der Waals surface area contributed by atoms with E-state index in [9.17, 15) is 4.79 Å². The van der Waals surface area contributed by atoms with Gasteiger partial charge in [-0.1, -0.05) is 19.9 Å². The summed E-state index contributed by atoms with van der Waals surface area (Å²) in [6.45, 7) is 4.74. The van der Waals surface area contributed by atoms with Gasteiger partial charge in [-0.15, -0.1) is 11.3 Å². The van der Waals surface area contributed by atoms with Crippen LogP contribution in [0.3, 0.4) is 0 Å². The first-order valence-corrected chi connectivity index (χ1v) is 6.55. The summed E-state index contributed by atoms with van der Waals surface area (Å²) in [5, 5.41) is 8.14. The highest BCUT2D eigenvalue weighted by molar-refractivity contribution is 7.10. The monoisotopic (exact) mass is 240 g/mol. The first-order chi connectivity index (χ1) is 7.69. The maximum Gasteiger partial charge on any atom is 0.224 e. The Morgan fingerprint density at radius 1 is 1.56 bits per heavy atom. The molecule has 0 aliphatic rings. The van der Waals surface area contributed by atoms with Crippen LogP contribution in [0.25, 0.3) is 0 Å². The number of hydrogen-bond acceptors (Lipinski definition) is 3. The molecular formula is C12H20N2OS. The van der Waals surface area contributed by atoms with Gasteiger partial charge in [-0.2, -0.15) is 0 Å². The van der Waals surface area contributed by atoms with E-state index in [4.69, 9.17) is 0 Å². The molecule has 90 valence electrons. The second kappa shape index (κ2) is 6.66.